The van der Waals surface area contributed by atoms with E-state index in [1.54, 1.807) is 12.1 Å². The summed E-state index contributed by atoms with van der Waals surface area (Å²) in [5.41, 5.74) is 3.44. The number of nitro groups is 1. The number of non-ortho nitro benzene ring substituents is 1. The fourth-order valence-electron chi connectivity index (χ4n) is 2.17. The highest BCUT2D eigenvalue weighted by molar-refractivity contribution is 5.69. The van der Waals surface area contributed by atoms with Crippen LogP contribution in [-0.4, -0.2) is 4.92 Å². The quantitative estimate of drug-likeness (QED) is 0.578. The molecule has 19 heavy (non-hydrogen) atoms. The largest absolute Gasteiger partial charge is 0.269 e. The van der Waals surface area contributed by atoms with E-state index in [0.717, 1.165) is 36.0 Å². The number of rotatable bonds is 5. The van der Waals surface area contributed by atoms with Crippen molar-refractivity contribution in [2.45, 2.75) is 26.2 Å². The molecule has 3 heteroatoms. The molecule has 2 aromatic rings. The molecule has 0 spiro atoms. The van der Waals surface area contributed by atoms with Gasteiger partial charge < -0.3 is 0 Å². The Morgan fingerprint density at radius 2 is 1.84 bits per heavy atom. The molecular formula is C16H17NO2. The molecular weight excluding hydrogens is 238 g/mol. The van der Waals surface area contributed by atoms with Gasteiger partial charge in [0.15, 0.2) is 0 Å². The van der Waals surface area contributed by atoms with Gasteiger partial charge in [-0.25, -0.2) is 0 Å². The average molecular weight is 255 g/mol. The molecule has 98 valence electrons. The van der Waals surface area contributed by atoms with Crippen molar-refractivity contribution in [2.24, 2.45) is 0 Å². The van der Waals surface area contributed by atoms with Gasteiger partial charge in [-0.1, -0.05) is 43.7 Å². The first-order valence-electron chi connectivity index (χ1n) is 6.55. The van der Waals surface area contributed by atoms with Crippen LogP contribution in [0.25, 0.3) is 11.1 Å². The zero-order valence-electron chi connectivity index (χ0n) is 11.0. The molecule has 0 unspecified atom stereocenters. The fraction of sp³-hybridized carbons (Fsp3) is 0.250. The summed E-state index contributed by atoms with van der Waals surface area (Å²) in [5.74, 6) is 0. The lowest BCUT2D eigenvalue weighted by Gasteiger charge is -2.09. The number of hydrogen-bond donors (Lipinski definition) is 0. The number of hydrogen-bond acceptors (Lipinski definition) is 2. The highest BCUT2D eigenvalue weighted by atomic mass is 16.6. The van der Waals surface area contributed by atoms with Crippen LogP contribution < -0.4 is 0 Å². The number of unbranched alkanes of at least 4 members (excludes halogenated alkanes) is 1. The van der Waals surface area contributed by atoms with E-state index in [4.69, 9.17) is 0 Å². The number of nitrogens with zero attached hydrogens (tertiary/aromatic N) is 1. The zero-order valence-corrected chi connectivity index (χ0v) is 11.0. The third-order valence-corrected chi connectivity index (χ3v) is 3.18. The van der Waals surface area contributed by atoms with Crippen molar-refractivity contribution >= 4 is 5.69 Å². The van der Waals surface area contributed by atoms with Crippen LogP contribution in [0.1, 0.15) is 25.3 Å². The smallest absolute Gasteiger partial charge is 0.258 e. The van der Waals surface area contributed by atoms with Crippen LogP contribution in [0.3, 0.4) is 0 Å². The Kier molecular flexibility index (Phi) is 4.29. The molecule has 0 fully saturated rings. The summed E-state index contributed by atoms with van der Waals surface area (Å²) in [4.78, 5) is 10.6. The number of nitro benzene ring substituents is 1. The molecule has 0 aliphatic heterocycles. The maximum absolute atomic E-state index is 10.9. The summed E-state index contributed by atoms with van der Waals surface area (Å²) in [6, 6.07) is 15.2. The Balaban J connectivity index is 2.44. The highest BCUT2D eigenvalue weighted by Gasteiger charge is 2.11. The summed E-state index contributed by atoms with van der Waals surface area (Å²) in [6.07, 6.45) is 3.00. The van der Waals surface area contributed by atoms with Gasteiger partial charge in [0.25, 0.3) is 5.69 Å². The molecule has 0 aliphatic rings. The van der Waals surface area contributed by atoms with Gasteiger partial charge in [-0.3, -0.25) is 10.1 Å². The molecule has 0 amide bonds. The standard InChI is InChI=1S/C16H17NO2/c1-2-3-7-14-12-15(17(18)19)10-11-16(14)13-8-5-4-6-9-13/h4-6,8-12H,2-3,7H2,1H3. The summed E-state index contributed by atoms with van der Waals surface area (Å²) >= 11 is 0. The van der Waals surface area contributed by atoms with Gasteiger partial charge in [0.2, 0.25) is 0 Å². The lowest BCUT2D eigenvalue weighted by molar-refractivity contribution is -0.384. The van der Waals surface area contributed by atoms with Crippen molar-refractivity contribution in [1.29, 1.82) is 0 Å². The number of benzene rings is 2. The lowest BCUT2D eigenvalue weighted by Crippen LogP contribution is -1.94. The van der Waals surface area contributed by atoms with E-state index >= 15 is 0 Å². The van der Waals surface area contributed by atoms with Gasteiger partial charge in [-0.15, -0.1) is 0 Å². The minimum Gasteiger partial charge on any atom is -0.258 e. The van der Waals surface area contributed by atoms with Gasteiger partial charge in [0.1, 0.15) is 0 Å². The van der Waals surface area contributed by atoms with Crippen LogP contribution in [-0.2, 0) is 6.42 Å². The topological polar surface area (TPSA) is 43.1 Å². The van der Waals surface area contributed by atoms with E-state index in [-0.39, 0.29) is 10.6 Å². The predicted molar refractivity (Wildman–Crippen MR) is 77.1 cm³/mol. The van der Waals surface area contributed by atoms with Crippen LogP contribution in [0.15, 0.2) is 48.5 Å². The Labute approximate surface area is 113 Å². The Bertz CT molecular complexity index is 564. The average Bonchev–Trinajstić information content (AvgIpc) is 2.45. The fourth-order valence-corrected chi connectivity index (χ4v) is 2.17. The molecule has 0 radical (unpaired) electrons. The van der Waals surface area contributed by atoms with Gasteiger partial charge in [-0.2, -0.15) is 0 Å². The summed E-state index contributed by atoms with van der Waals surface area (Å²) < 4.78 is 0. The molecule has 0 aromatic heterocycles. The first kappa shape index (κ1) is 13.3. The van der Waals surface area contributed by atoms with Crippen LogP contribution in [0.2, 0.25) is 0 Å². The van der Waals surface area contributed by atoms with E-state index in [1.165, 1.54) is 0 Å². The van der Waals surface area contributed by atoms with Crippen LogP contribution in [0.5, 0.6) is 0 Å². The summed E-state index contributed by atoms with van der Waals surface area (Å²) in [6.45, 7) is 2.12. The van der Waals surface area contributed by atoms with Crippen molar-refractivity contribution in [2.75, 3.05) is 0 Å². The highest BCUT2D eigenvalue weighted by Crippen LogP contribution is 2.28. The Morgan fingerprint density at radius 1 is 1.11 bits per heavy atom. The third kappa shape index (κ3) is 3.19. The molecule has 0 heterocycles. The lowest BCUT2D eigenvalue weighted by atomic mass is 9.96. The van der Waals surface area contributed by atoms with Crippen molar-refractivity contribution < 1.29 is 4.92 Å². The van der Waals surface area contributed by atoms with Crippen molar-refractivity contribution in [3.63, 3.8) is 0 Å². The second-order valence-electron chi connectivity index (χ2n) is 4.57. The molecule has 0 atom stereocenters. The molecule has 2 rings (SSSR count). The van der Waals surface area contributed by atoms with E-state index in [9.17, 15) is 10.1 Å². The molecule has 0 aliphatic carbocycles. The molecule has 0 saturated carbocycles. The monoisotopic (exact) mass is 255 g/mol. The second kappa shape index (κ2) is 6.14. The molecule has 3 nitrogen and oxygen atoms in total. The van der Waals surface area contributed by atoms with Gasteiger partial charge >= 0.3 is 0 Å². The number of aryl methyl sites for hydroxylation is 1. The molecule has 0 N–H and O–H groups in total. The Hall–Kier alpha value is -2.16. The van der Waals surface area contributed by atoms with E-state index < -0.39 is 0 Å². The van der Waals surface area contributed by atoms with Gasteiger partial charge in [0, 0.05) is 12.1 Å². The first-order chi connectivity index (χ1) is 9.22. The minimum absolute atomic E-state index is 0.172. The minimum atomic E-state index is -0.329. The van der Waals surface area contributed by atoms with Crippen molar-refractivity contribution in [1.82, 2.24) is 0 Å². The molecule has 0 bridgehead atoms. The summed E-state index contributed by atoms with van der Waals surface area (Å²) in [5, 5.41) is 10.9. The normalized spacial score (nSPS) is 10.4. The van der Waals surface area contributed by atoms with Crippen molar-refractivity contribution in [3.8, 4) is 11.1 Å². The van der Waals surface area contributed by atoms with Crippen molar-refractivity contribution in [3.05, 3.63) is 64.2 Å². The molecule has 2 aromatic carbocycles. The van der Waals surface area contributed by atoms with Gasteiger partial charge in [-0.05, 0) is 35.6 Å². The Morgan fingerprint density at radius 3 is 2.47 bits per heavy atom. The third-order valence-electron chi connectivity index (χ3n) is 3.18. The van der Waals surface area contributed by atoms with Crippen LogP contribution in [0, 0.1) is 10.1 Å². The SMILES string of the molecule is CCCCc1cc([N+](=O)[O-])ccc1-c1ccccc1. The second-order valence-corrected chi connectivity index (χ2v) is 4.57. The zero-order chi connectivity index (χ0) is 13.7. The summed E-state index contributed by atoms with van der Waals surface area (Å²) in [7, 11) is 0. The van der Waals surface area contributed by atoms with Crippen LogP contribution >= 0.6 is 0 Å². The first-order valence-corrected chi connectivity index (χ1v) is 6.55. The van der Waals surface area contributed by atoms with Gasteiger partial charge in [0.05, 0.1) is 4.92 Å². The van der Waals surface area contributed by atoms with Crippen LogP contribution in [0.4, 0.5) is 5.69 Å². The van der Waals surface area contributed by atoms with E-state index in [2.05, 4.69) is 6.92 Å². The van der Waals surface area contributed by atoms with E-state index in [1.807, 2.05) is 36.4 Å². The predicted octanol–water partition coefficient (Wildman–Crippen LogP) is 4.60. The maximum atomic E-state index is 10.9. The maximum Gasteiger partial charge on any atom is 0.269 e. The molecule has 0 saturated heterocycles. The van der Waals surface area contributed by atoms with E-state index in [0.29, 0.717) is 0 Å².